The van der Waals surface area contributed by atoms with Gasteiger partial charge in [0.05, 0.1) is 6.54 Å². The second-order valence-corrected chi connectivity index (χ2v) is 2.70. The van der Waals surface area contributed by atoms with Gasteiger partial charge in [0.25, 0.3) is 0 Å². The summed E-state index contributed by atoms with van der Waals surface area (Å²) >= 11 is 0. The van der Waals surface area contributed by atoms with E-state index in [2.05, 4.69) is 11.9 Å². The highest BCUT2D eigenvalue weighted by Gasteiger charge is 2.07. The lowest BCUT2D eigenvalue weighted by Crippen LogP contribution is -2.37. The molecule has 12 heavy (non-hydrogen) atoms. The fourth-order valence-electron chi connectivity index (χ4n) is 0.915. The third-order valence-corrected chi connectivity index (χ3v) is 1.66. The Hall–Kier alpha value is -0.990. The van der Waals surface area contributed by atoms with Gasteiger partial charge in [-0.05, 0) is 20.8 Å². The molecule has 0 saturated carbocycles. The van der Waals surface area contributed by atoms with Crippen molar-refractivity contribution in [1.29, 1.82) is 0 Å². The monoisotopic (exact) mass is 170 g/mol. The molecule has 1 N–H and O–H groups in total. The minimum absolute atomic E-state index is 0.128. The van der Waals surface area contributed by atoms with Crippen LogP contribution in [0.25, 0.3) is 0 Å². The molecule has 0 aliphatic carbocycles. The number of hydrogen-bond acceptors (Lipinski definition) is 2. The van der Waals surface area contributed by atoms with Crippen LogP contribution in [0.15, 0.2) is 12.3 Å². The predicted octanol–water partition coefficient (Wildman–Crippen LogP) is 0.978. The number of amides is 1. The lowest BCUT2D eigenvalue weighted by Gasteiger charge is -2.18. The molecule has 0 saturated heterocycles. The van der Waals surface area contributed by atoms with E-state index in [9.17, 15) is 4.79 Å². The van der Waals surface area contributed by atoms with Gasteiger partial charge < -0.3 is 10.2 Å². The number of carbonyl (C=O) groups is 1. The Labute approximate surface area is 74.4 Å². The Morgan fingerprint density at radius 3 is 2.25 bits per heavy atom. The van der Waals surface area contributed by atoms with Crippen molar-refractivity contribution >= 4 is 5.91 Å². The average Bonchev–Trinajstić information content (AvgIpc) is 2.03. The molecule has 0 spiro atoms. The van der Waals surface area contributed by atoms with Crippen molar-refractivity contribution in [1.82, 2.24) is 10.2 Å². The van der Waals surface area contributed by atoms with Gasteiger partial charge >= 0.3 is 0 Å². The Morgan fingerprint density at radius 1 is 1.42 bits per heavy atom. The summed E-state index contributed by atoms with van der Waals surface area (Å²) in [4.78, 5) is 13.1. The summed E-state index contributed by atoms with van der Waals surface area (Å²) in [6.07, 6.45) is 0. The van der Waals surface area contributed by atoms with Gasteiger partial charge in [-0.15, -0.1) is 0 Å². The first-order valence-electron chi connectivity index (χ1n) is 4.29. The van der Waals surface area contributed by atoms with Gasteiger partial charge in [-0.3, -0.25) is 4.79 Å². The van der Waals surface area contributed by atoms with E-state index in [0.29, 0.717) is 6.54 Å². The SMILES string of the molecule is C=C(C)NCC(=O)N(CC)CC. The van der Waals surface area contributed by atoms with Crippen molar-refractivity contribution in [3.05, 3.63) is 12.3 Å². The number of carbonyl (C=O) groups excluding carboxylic acids is 1. The van der Waals surface area contributed by atoms with Gasteiger partial charge in [0.1, 0.15) is 0 Å². The van der Waals surface area contributed by atoms with E-state index in [4.69, 9.17) is 0 Å². The molecule has 0 atom stereocenters. The average molecular weight is 170 g/mol. The topological polar surface area (TPSA) is 32.3 Å². The predicted molar refractivity (Wildman–Crippen MR) is 50.7 cm³/mol. The zero-order chi connectivity index (χ0) is 9.56. The Morgan fingerprint density at radius 2 is 1.92 bits per heavy atom. The van der Waals surface area contributed by atoms with E-state index in [1.165, 1.54) is 0 Å². The van der Waals surface area contributed by atoms with Crippen LogP contribution in [0.2, 0.25) is 0 Å². The fourth-order valence-corrected chi connectivity index (χ4v) is 0.915. The van der Waals surface area contributed by atoms with Crippen molar-refractivity contribution in [3.63, 3.8) is 0 Å². The molecule has 0 aliphatic rings. The molecule has 70 valence electrons. The maximum Gasteiger partial charge on any atom is 0.241 e. The van der Waals surface area contributed by atoms with Crippen molar-refractivity contribution in [2.24, 2.45) is 0 Å². The largest absolute Gasteiger partial charge is 0.380 e. The first-order valence-corrected chi connectivity index (χ1v) is 4.29. The minimum atomic E-state index is 0.128. The Kier molecular flexibility index (Phi) is 5.17. The fraction of sp³-hybridized carbons (Fsp3) is 0.667. The molecule has 0 aliphatic heterocycles. The van der Waals surface area contributed by atoms with Crippen molar-refractivity contribution in [2.75, 3.05) is 19.6 Å². The van der Waals surface area contributed by atoms with Crippen molar-refractivity contribution < 1.29 is 4.79 Å². The number of hydrogen-bond donors (Lipinski definition) is 1. The van der Waals surface area contributed by atoms with Crippen molar-refractivity contribution in [3.8, 4) is 0 Å². The number of allylic oxidation sites excluding steroid dienone is 1. The molecule has 0 aromatic carbocycles. The van der Waals surface area contributed by atoms with Crippen LogP contribution in [-0.2, 0) is 4.79 Å². The summed E-state index contributed by atoms with van der Waals surface area (Å²) in [6, 6.07) is 0. The third kappa shape index (κ3) is 4.01. The van der Waals surface area contributed by atoms with E-state index in [1.54, 1.807) is 4.90 Å². The summed E-state index contributed by atoms with van der Waals surface area (Å²) in [5.74, 6) is 0.128. The van der Waals surface area contributed by atoms with Gasteiger partial charge in [-0.2, -0.15) is 0 Å². The van der Waals surface area contributed by atoms with Crippen LogP contribution in [0.4, 0.5) is 0 Å². The Balaban J connectivity index is 3.77. The number of nitrogens with one attached hydrogen (secondary N) is 1. The van der Waals surface area contributed by atoms with E-state index in [-0.39, 0.29) is 5.91 Å². The molecular formula is C9H18N2O. The lowest BCUT2D eigenvalue weighted by molar-refractivity contribution is -0.129. The maximum absolute atomic E-state index is 11.3. The Bertz CT molecular complexity index is 162. The van der Waals surface area contributed by atoms with Gasteiger partial charge in [-0.25, -0.2) is 0 Å². The van der Waals surface area contributed by atoms with Gasteiger partial charge in [-0.1, -0.05) is 6.58 Å². The molecule has 0 bridgehead atoms. The van der Waals surface area contributed by atoms with E-state index in [1.807, 2.05) is 20.8 Å². The summed E-state index contributed by atoms with van der Waals surface area (Å²) in [6.45, 7) is 11.3. The first kappa shape index (κ1) is 11.0. The highest BCUT2D eigenvalue weighted by atomic mass is 16.2. The minimum Gasteiger partial charge on any atom is -0.380 e. The third-order valence-electron chi connectivity index (χ3n) is 1.66. The number of nitrogens with zero attached hydrogens (tertiary/aromatic N) is 1. The molecule has 3 nitrogen and oxygen atoms in total. The molecular weight excluding hydrogens is 152 g/mol. The molecule has 0 unspecified atom stereocenters. The maximum atomic E-state index is 11.3. The molecule has 0 rings (SSSR count). The molecule has 3 heteroatoms. The summed E-state index contributed by atoms with van der Waals surface area (Å²) < 4.78 is 0. The summed E-state index contributed by atoms with van der Waals surface area (Å²) in [7, 11) is 0. The smallest absolute Gasteiger partial charge is 0.241 e. The van der Waals surface area contributed by atoms with Crippen LogP contribution in [0.5, 0.6) is 0 Å². The van der Waals surface area contributed by atoms with Gasteiger partial charge in [0.2, 0.25) is 5.91 Å². The van der Waals surface area contributed by atoms with Crippen LogP contribution < -0.4 is 5.32 Å². The second kappa shape index (κ2) is 5.63. The van der Waals surface area contributed by atoms with Crippen LogP contribution in [-0.4, -0.2) is 30.4 Å². The van der Waals surface area contributed by atoms with Crippen LogP contribution in [0.1, 0.15) is 20.8 Å². The number of rotatable bonds is 5. The lowest BCUT2D eigenvalue weighted by atomic mass is 10.4. The van der Waals surface area contributed by atoms with Crippen LogP contribution in [0.3, 0.4) is 0 Å². The first-order chi connectivity index (χ1) is 5.61. The highest BCUT2D eigenvalue weighted by Crippen LogP contribution is 1.88. The standard InChI is InChI=1S/C9H18N2O/c1-5-11(6-2)9(12)7-10-8(3)4/h10H,3,5-7H2,1-2,4H3. The molecule has 0 fully saturated rings. The van der Waals surface area contributed by atoms with Crippen molar-refractivity contribution in [2.45, 2.75) is 20.8 Å². The molecule has 0 heterocycles. The zero-order valence-corrected chi connectivity index (χ0v) is 8.18. The van der Waals surface area contributed by atoms with E-state index < -0.39 is 0 Å². The molecule has 0 aromatic rings. The van der Waals surface area contributed by atoms with E-state index in [0.717, 1.165) is 18.8 Å². The van der Waals surface area contributed by atoms with Gasteiger partial charge in [0, 0.05) is 18.8 Å². The molecule has 0 aromatic heterocycles. The quantitative estimate of drug-likeness (QED) is 0.667. The number of likely N-dealkylation sites (N-methyl/N-ethyl adjacent to an activating group) is 1. The molecule has 0 radical (unpaired) electrons. The zero-order valence-electron chi connectivity index (χ0n) is 8.18. The summed E-state index contributed by atoms with van der Waals surface area (Å²) in [5, 5.41) is 2.91. The second-order valence-electron chi connectivity index (χ2n) is 2.70. The highest BCUT2D eigenvalue weighted by molar-refractivity contribution is 5.78. The van der Waals surface area contributed by atoms with E-state index >= 15 is 0 Å². The van der Waals surface area contributed by atoms with Gasteiger partial charge in [0.15, 0.2) is 0 Å². The molecule has 1 amide bonds. The van der Waals surface area contributed by atoms with Crippen LogP contribution in [0, 0.1) is 0 Å². The summed E-state index contributed by atoms with van der Waals surface area (Å²) in [5.41, 5.74) is 0.829. The van der Waals surface area contributed by atoms with Crippen LogP contribution >= 0.6 is 0 Å². The normalized spacial score (nSPS) is 9.25.